The zero-order valence-electron chi connectivity index (χ0n) is 24.7. The summed E-state index contributed by atoms with van der Waals surface area (Å²) >= 11 is 1.31. The maximum Gasteiger partial charge on any atom is 0.417 e. The van der Waals surface area contributed by atoms with Gasteiger partial charge in [-0.15, -0.1) is 11.8 Å². The summed E-state index contributed by atoms with van der Waals surface area (Å²) in [6.07, 6.45) is -0.750. The first-order chi connectivity index (χ1) is 21.0. The smallest absolute Gasteiger partial charge is 0.352 e. The van der Waals surface area contributed by atoms with Crippen LogP contribution >= 0.6 is 11.8 Å². The first-order valence-corrected chi connectivity index (χ1v) is 16.0. The third-order valence-electron chi connectivity index (χ3n) is 8.96. The lowest BCUT2D eigenvalue weighted by Gasteiger charge is -2.44. The van der Waals surface area contributed by atoms with Crippen LogP contribution in [0.2, 0.25) is 0 Å². The Morgan fingerprint density at radius 3 is 2.39 bits per heavy atom. The van der Waals surface area contributed by atoms with E-state index >= 15 is 0 Å². The molecule has 3 atom stereocenters. The maximum atomic E-state index is 14.9. The fourth-order valence-electron chi connectivity index (χ4n) is 7.10. The highest BCUT2D eigenvalue weighted by Gasteiger charge is 2.40. The van der Waals surface area contributed by atoms with E-state index in [1.54, 1.807) is 9.47 Å². The second-order valence-corrected chi connectivity index (χ2v) is 13.1. The Morgan fingerprint density at radius 1 is 1.11 bits per heavy atom. The van der Waals surface area contributed by atoms with E-state index < -0.39 is 23.2 Å². The summed E-state index contributed by atoms with van der Waals surface area (Å²) in [6, 6.07) is 5.29. The van der Waals surface area contributed by atoms with Gasteiger partial charge in [0.05, 0.1) is 17.1 Å². The summed E-state index contributed by atoms with van der Waals surface area (Å²) in [5, 5.41) is 0.251. The van der Waals surface area contributed by atoms with Gasteiger partial charge in [0.15, 0.2) is 0 Å². The fourth-order valence-corrected chi connectivity index (χ4v) is 8.41. The van der Waals surface area contributed by atoms with Crippen molar-refractivity contribution in [3.8, 4) is 11.1 Å². The van der Waals surface area contributed by atoms with E-state index in [-0.39, 0.29) is 59.5 Å². The predicted octanol–water partition coefficient (Wildman–Crippen LogP) is 5.97. The number of halogens is 4. The SMILES string of the molecule is C=CC(=O)N1[C@H](C)CN(c2nc(=O)n3c4c(c(-c5ccc(F)cc5)c(C(F)(F)F)cc24)SCCC3CN2CCCC2)C[C@@H]1C. The van der Waals surface area contributed by atoms with Gasteiger partial charge >= 0.3 is 11.9 Å². The molecule has 0 spiro atoms. The number of thioether (sulfide) groups is 1. The number of carbonyl (C=O) groups is 1. The molecule has 3 aliphatic heterocycles. The van der Waals surface area contributed by atoms with Gasteiger partial charge in [0.25, 0.3) is 0 Å². The van der Waals surface area contributed by atoms with Crippen molar-refractivity contribution in [2.75, 3.05) is 43.4 Å². The molecule has 44 heavy (non-hydrogen) atoms. The average Bonchev–Trinajstić information content (AvgIpc) is 3.41. The van der Waals surface area contributed by atoms with E-state index in [1.165, 1.54) is 30.0 Å². The zero-order valence-corrected chi connectivity index (χ0v) is 25.6. The van der Waals surface area contributed by atoms with Gasteiger partial charge in [-0.2, -0.15) is 18.2 Å². The molecule has 0 aliphatic carbocycles. The van der Waals surface area contributed by atoms with Crippen molar-refractivity contribution in [3.05, 3.63) is 64.9 Å². The number of anilines is 1. The molecule has 1 unspecified atom stereocenters. The summed E-state index contributed by atoms with van der Waals surface area (Å²) < 4.78 is 60.3. The molecule has 12 heteroatoms. The highest BCUT2D eigenvalue weighted by Crippen LogP contribution is 2.49. The Hall–Kier alpha value is -3.38. The molecule has 7 nitrogen and oxygen atoms in total. The zero-order chi connectivity index (χ0) is 31.3. The molecular formula is C32H35F4N5O2S. The number of hydrogen-bond acceptors (Lipinski definition) is 6. The minimum Gasteiger partial charge on any atom is -0.352 e. The van der Waals surface area contributed by atoms with Crippen molar-refractivity contribution in [2.24, 2.45) is 0 Å². The van der Waals surface area contributed by atoms with Crippen molar-refractivity contribution < 1.29 is 22.4 Å². The number of rotatable bonds is 5. The average molecular weight is 630 g/mol. The molecule has 3 aromatic rings. The van der Waals surface area contributed by atoms with Gasteiger partial charge in [-0.1, -0.05) is 18.7 Å². The summed E-state index contributed by atoms with van der Waals surface area (Å²) in [6.45, 7) is 10.3. The van der Waals surface area contributed by atoms with Crippen molar-refractivity contribution in [1.29, 1.82) is 0 Å². The quantitative estimate of drug-likeness (QED) is 0.256. The van der Waals surface area contributed by atoms with E-state index in [1.807, 2.05) is 18.7 Å². The third-order valence-corrected chi connectivity index (χ3v) is 10.1. The highest BCUT2D eigenvalue weighted by atomic mass is 32.2. The van der Waals surface area contributed by atoms with Crippen LogP contribution < -0.4 is 10.6 Å². The van der Waals surface area contributed by atoms with Crippen LogP contribution in [0.4, 0.5) is 23.4 Å². The van der Waals surface area contributed by atoms with Crippen LogP contribution in [-0.2, 0) is 11.0 Å². The maximum absolute atomic E-state index is 14.9. The molecule has 0 bridgehead atoms. The van der Waals surface area contributed by atoms with Crippen LogP contribution in [0.15, 0.2) is 52.7 Å². The predicted molar refractivity (Wildman–Crippen MR) is 165 cm³/mol. The number of amides is 1. The van der Waals surface area contributed by atoms with Crippen molar-refractivity contribution >= 4 is 34.4 Å². The molecule has 0 N–H and O–H groups in total. The van der Waals surface area contributed by atoms with Gasteiger partial charge in [-0.25, -0.2) is 9.18 Å². The molecular weight excluding hydrogens is 594 g/mol. The fraction of sp³-hybridized carbons (Fsp3) is 0.469. The molecule has 1 amide bonds. The molecule has 234 valence electrons. The Labute approximate surface area is 257 Å². The van der Waals surface area contributed by atoms with Crippen LogP contribution in [0, 0.1) is 5.82 Å². The van der Waals surface area contributed by atoms with E-state index in [2.05, 4.69) is 16.5 Å². The van der Waals surface area contributed by atoms with Gasteiger partial charge in [0, 0.05) is 53.3 Å². The molecule has 0 radical (unpaired) electrons. The summed E-state index contributed by atoms with van der Waals surface area (Å²) in [7, 11) is 0. The third kappa shape index (κ3) is 5.51. The Bertz CT molecular complexity index is 1640. The van der Waals surface area contributed by atoms with Crippen LogP contribution in [0.5, 0.6) is 0 Å². The molecule has 1 aromatic heterocycles. The number of alkyl halides is 3. The lowest BCUT2D eigenvalue weighted by molar-refractivity contribution is -0.137. The van der Waals surface area contributed by atoms with Gasteiger partial charge in [-0.3, -0.25) is 9.36 Å². The second kappa shape index (κ2) is 11.8. The monoisotopic (exact) mass is 629 g/mol. The number of piperazine rings is 1. The minimum atomic E-state index is -4.73. The molecule has 2 saturated heterocycles. The van der Waals surface area contributed by atoms with Gasteiger partial charge in [0.1, 0.15) is 11.6 Å². The van der Waals surface area contributed by atoms with E-state index in [0.717, 1.165) is 44.1 Å². The lowest BCUT2D eigenvalue weighted by Crippen LogP contribution is -2.58. The minimum absolute atomic E-state index is 0.0507. The number of likely N-dealkylation sites (tertiary alicyclic amines) is 1. The number of nitrogens with zero attached hydrogens (tertiary/aromatic N) is 5. The standard InChI is InChI=1S/C32H35F4N5O2S/c1-4-26(42)40-19(2)16-39(17-20(40)3)30-24-15-25(32(34,35)36)27(21-7-9-22(33)10-8-21)29-28(24)41(31(43)37-30)23(11-14-44-29)18-38-12-5-6-13-38/h4,7-10,15,19-20,23H,1,5-6,11-14,16-18H2,2-3H3/t19-,20+,23?. The van der Waals surface area contributed by atoms with Crippen LogP contribution in [0.1, 0.15) is 44.7 Å². The molecule has 3 aliphatic rings. The molecule has 2 fully saturated rings. The molecule has 6 rings (SSSR count). The van der Waals surface area contributed by atoms with Crippen LogP contribution in [0.25, 0.3) is 22.0 Å². The molecule has 4 heterocycles. The Kier molecular flexibility index (Phi) is 8.25. The normalized spacial score (nSPS) is 22.8. The van der Waals surface area contributed by atoms with E-state index in [9.17, 15) is 27.2 Å². The Morgan fingerprint density at radius 2 is 1.77 bits per heavy atom. The largest absolute Gasteiger partial charge is 0.417 e. The van der Waals surface area contributed by atoms with E-state index in [4.69, 9.17) is 0 Å². The van der Waals surface area contributed by atoms with Gasteiger partial charge < -0.3 is 14.7 Å². The van der Waals surface area contributed by atoms with Gasteiger partial charge in [0.2, 0.25) is 5.91 Å². The number of hydrogen-bond donors (Lipinski definition) is 0. The van der Waals surface area contributed by atoms with Crippen molar-refractivity contribution in [2.45, 2.75) is 62.3 Å². The first-order valence-electron chi connectivity index (χ1n) is 15.0. The summed E-state index contributed by atoms with van der Waals surface area (Å²) in [5.41, 5.74) is -0.742. The number of aromatic nitrogens is 2. The van der Waals surface area contributed by atoms with Crippen LogP contribution in [0.3, 0.4) is 0 Å². The summed E-state index contributed by atoms with van der Waals surface area (Å²) in [5.74, 6) is -0.0790. The van der Waals surface area contributed by atoms with Crippen molar-refractivity contribution in [3.63, 3.8) is 0 Å². The highest BCUT2D eigenvalue weighted by molar-refractivity contribution is 7.99. The van der Waals surface area contributed by atoms with Crippen molar-refractivity contribution in [1.82, 2.24) is 19.4 Å². The molecule has 0 saturated carbocycles. The molecule has 2 aromatic carbocycles. The number of benzene rings is 2. The first kappa shape index (κ1) is 30.6. The van der Waals surface area contributed by atoms with Crippen LogP contribution in [-0.4, -0.2) is 75.8 Å². The topological polar surface area (TPSA) is 61.7 Å². The van der Waals surface area contributed by atoms with Gasteiger partial charge in [-0.05, 0) is 76.0 Å². The Balaban J connectivity index is 1.62. The van der Waals surface area contributed by atoms with E-state index in [0.29, 0.717) is 29.1 Å². The lowest BCUT2D eigenvalue weighted by atomic mass is 9.95. The second-order valence-electron chi connectivity index (χ2n) is 12.0. The summed E-state index contributed by atoms with van der Waals surface area (Å²) in [4.78, 5) is 37.3. The number of carbonyl (C=O) groups excluding carboxylic acids is 1.